The van der Waals surface area contributed by atoms with Gasteiger partial charge in [0.05, 0.1) is 39.5 Å². The quantitative estimate of drug-likeness (QED) is 0.0699. The first-order valence-electron chi connectivity index (χ1n) is 19.8. The summed E-state index contributed by atoms with van der Waals surface area (Å²) < 4.78 is 285. The molecule has 4 aromatic heterocycles. The first kappa shape index (κ1) is 44.6. The topological polar surface area (TPSA) is 72.7 Å². The number of hydrogen-bond donors (Lipinski definition) is 3. The van der Waals surface area contributed by atoms with Gasteiger partial charge in [0.15, 0.2) is 81.5 Å². The molecule has 3 N–H and O–H groups in total. The van der Waals surface area contributed by atoms with E-state index in [4.69, 9.17) is 4.74 Å². The maximum atomic E-state index is 16.5. The molecule has 356 valence electrons. The van der Waals surface area contributed by atoms with Crippen molar-refractivity contribution in [3.63, 3.8) is 0 Å². The fraction of sp³-hybridized carbons (Fsp3) is 0.0870. The van der Waals surface area contributed by atoms with E-state index in [1.54, 1.807) is 0 Å². The minimum absolute atomic E-state index is 0.581. The fourth-order valence-electron chi connectivity index (χ4n) is 9.37. The van der Waals surface area contributed by atoms with Crippen molar-refractivity contribution in [1.29, 1.82) is 0 Å². The Morgan fingerprint density at radius 2 is 0.829 bits per heavy atom. The highest BCUT2D eigenvalue weighted by Gasteiger charge is 2.51. The first-order valence-corrected chi connectivity index (χ1v) is 19.8. The Kier molecular flexibility index (Phi) is 9.58. The van der Waals surface area contributed by atoms with Crippen molar-refractivity contribution in [2.75, 3.05) is 18.5 Å². The van der Waals surface area contributed by atoms with Gasteiger partial charge in [0, 0.05) is 64.5 Å². The van der Waals surface area contributed by atoms with Crippen molar-refractivity contribution in [2.24, 2.45) is 0 Å². The van der Waals surface area contributed by atoms with Crippen LogP contribution in [0.25, 0.3) is 77.6 Å². The highest BCUT2D eigenvalue weighted by atomic mass is 19.2. The number of fused-ring (bicyclic) bond motifs is 13. The SMILES string of the molecule is CN1C[C@@H]2c3nc4[c+](c5ccc([nH]5)c(-c5c(F)c(F)c(F)c(F)c5F)c5ccc([nH]5)c(-c5c(F)c(F)c(F)c(F)c5F)c5ccc([nH]5)c3-c3c(F)c(F)c(F)c(F)c31)-c1c(F)c(F)c(F)c(F)c1O[C@@H]42. The molecule has 6 nitrogen and oxygen atoms in total. The molecule has 0 radical (unpaired) electrons. The number of aromatic amines is 3. The number of nitrogens with zero attached hydrogens (tertiary/aromatic N) is 2. The molecule has 0 spiro atoms. The lowest BCUT2D eigenvalue weighted by Crippen LogP contribution is -2.29. The van der Waals surface area contributed by atoms with Gasteiger partial charge in [0.1, 0.15) is 16.8 Å². The van der Waals surface area contributed by atoms with Crippen molar-refractivity contribution >= 4 is 38.8 Å². The lowest BCUT2D eigenvalue weighted by Gasteiger charge is -2.28. The van der Waals surface area contributed by atoms with Gasteiger partial charge in [0.25, 0.3) is 11.6 Å². The van der Waals surface area contributed by atoms with Crippen LogP contribution in [0.2, 0.25) is 0 Å². The molecule has 0 unspecified atom stereocenters. The molecule has 2 atom stereocenters. The molecule has 4 aromatic carbocycles. The minimum atomic E-state index is -2.65. The molecule has 0 saturated heterocycles. The number of H-pyrrole nitrogens is 3. The predicted octanol–water partition coefficient (Wildman–Crippen LogP) is 13.6. The van der Waals surface area contributed by atoms with Gasteiger partial charge in [-0.15, -0.1) is 4.39 Å². The summed E-state index contributed by atoms with van der Waals surface area (Å²) in [5.41, 5.74) is -16.1. The average molecular weight is 997 g/mol. The largest absolute Gasteiger partial charge is 0.434 e. The fourth-order valence-corrected chi connectivity index (χ4v) is 9.37. The average Bonchev–Trinajstić information content (AvgIpc) is 4.18. The molecule has 7 heterocycles. The maximum absolute atomic E-state index is 16.5. The number of nitrogens with one attached hydrogen (secondary N) is 3. The van der Waals surface area contributed by atoms with E-state index in [1.807, 2.05) is 0 Å². The lowest BCUT2D eigenvalue weighted by molar-refractivity contribution is 0.166. The van der Waals surface area contributed by atoms with Crippen LogP contribution >= 0.6 is 0 Å². The summed E-state index contributed by atoms with van der Waals surface area (Å²) in [6, 6.07) is 4.96. The molecule has 0 fully saturated rings. The summed E-state index contributed by atoms with van der Waals surface area (Å²) in [6.07, 6.45) is -1.92. The van der Waals surface area contributed by atoms with Gasteiger partial charge in [-0.3, -0.25) is 0 Å². The molecule has 8 bridgehead atoms. The van der Waals surface area contributed by atoms with Gasteiger partial charge in [-0.25, -0.2) is 66.4 Å². The third-order valence-corrected chi connectivity index (χ3v) is 12.4. The van der Waals surface area contributed by atoms with E-state index < -0.39 is 224 Å². The van der Waals surface area contributed by atoms with Crippen LogP contribution in [-0.4, -0.2) is 33.5 Å². The second-order valence-corrected chi connectivity index (χ2v) is 16.1. The van der Waals surface area contributed by atoms with Crippen LogP contribution in [0.15, 0.2) is 36.4 Å². The standard InChI is InChI=1S/C46H16F18N5O/c1-69-8-9-42-18(22-28(51)34(57)38(61)40(63)44(22)69)14-6-4-12(66-14)16(20-24(47)30(53)36(59)31(54)25(20)48)10-2-3-11(65-10)17(21-26(49)32(55)37(60)33(56)27(21)50)13-5-7-15(67-13)19-23-29(52)35(58)39(62)41(64)46(23)70-45(9)43(19)68-42/h2-7,9,45,65-67H,8H2,1H3/q+1/t9-,45-/m1/s1. The van der Waals surface area contributed by atoms with E-state index in [9.17, 15) is 8.78 Å². The van der Waals surface area contributed by atoms with Crippen LogP contribution in [0.5, 0.6) is 5.75 Å². The van der Waals surface area contributed by atoms with Crippen molar-refractivity contribution in [3.8, 4) is 50.3 Å². The number of rotatable bonds is 2. The summed E-state index contributed by atoms with van der Waals surface area (Å²) in [5, 5.41) is 0. The van der Waals surface area contributed by atoms with Gasteiger partial charge < -0.3 is 24.6 Å². The number of benzene rings is 4. The molecule has 0 saturated carbocycles. The summed E-state index contributed by atoms with van der Waals surface area (Å²) >= 11 is 0. The van der Waals surface area contributed by atoms with E-state index in [1.165, 1.54) is 0 Å². The zero-order valence-electron chi connectivity index (χ0n) is 33.9. The van der Waals surface area contributed by atoms with Crippen molar-refractivity contribution in [2.45, 2.75) is 12.0 Å². The van der Waals surface area contributed by atoms with Crippen LogP contribution in [0, 0.1) is 105 Å². The summed E-state index contributed by atoms with van der Waals surface area (Å²) in [6.45, 7) is -0.726. The zero-order valence-corrected chi connectivity index (χ0v) is 33.9. The number of ether oxygens (including phenoxy) is 1. The molecule has 3 aliphatic heterocycles. The molecule has 8 aromatic rings. The Hall–Kier alpha value is -7.92. The Morgan fingerprint density at radius 3 is 1.33 bits per heavy atom. The van der Waals surface area contributed by atoms with Gasteiger partial charge in [-0.05, 0) is 24.3 Å². The summed E-state index contributed by atoms with van der Waals surface area (Å²) in [5.74, 6) is -46.4. The number of hydrogen-bond acceptors (Lipinski definition) is 3. The number of halogens is 18. The first-order chi connectivity index (χ1) is 33.2. The second-order valence-electron chi connectivity index (χ2n) is 16.1. The smallest absolute Gasteiger partial charge is 0.256 e. The predicted molar refractivity (Wildman–Crippen MR) is 211 cm³/mol. The summed E-state index contributed by atoms with van der Waals surface area (Å²) in [7, 11) is 1.02. The Balaban J connectivity index is 1.43. The van der Waals surface area contributed by atoms with Crippen LogP contribution < -0.4 is 9.64 Å². The number of likely N-dealkylation sites (N-methyl/N-ethyl adjacent to an activating group) is 1. The van der Waals surface area contributed by atoms with Crippen LogP contribution in [0.3, 0.4) is 0 Å². The monoisotopic (exact) mass is 996 g/mol. The third kappa shape index (κ3) is 5.74. The van der Waals surface area contributed by atoms with E-state index in [-0.39, 0.29) is 0 Å². The normalized spacial score (nSPS) is 15.4. The molecular weight excluding hydrogens is 981 g/mol. The van der Waals surface area contributed by atoms with E-state index in [0.29, 0.717) is 0 Å². The van der Waals surface area contributed by atoms with E-state index in [2.05, 4.69) is 19.9 Å². The third-order valence-electron chi connectivity index (χ3n) is 12.4. The van der Waals surface area contributed by atoms with Gasteiger partial charge in [-0.2, -0.15) is 13.2 Å². The van der Waals surface area contributed by atoms with E-state index in [0.717, 1.165) is 48.3 Å². The van der Waals surface area contributed by atoms with E-state index >= 15 is 70.2 Å². The number of anilines is 1. The van der Waals surface area contributed by atoms with Gasteiger partial charge in [-0.1, -0.05) is 0 Å². The molecule has 11 rings (SSSR count). The van der Waals surface area contributed by atoms with Gasteiger partial charge in [0.2, 0.25) is 29.1 Å². The zero-order chi connectivity index (χ0) is 50.0. The highest BCUT2D eigenvalue weighted by Crippen LogP contribution is 2.57. The lowest BCUT2D eigenvalue weighted by atomic mass is 9.89. The molecular formula is C46H16F18N5O+. The van der Waals surface area contributed by atoms with Crippen LogP contribution in [0.1, 0.15) is 23.4 Å². The summed E-state index contributed by atoms with van der Waals surface area (Å²) in [4.78, 5) is 12.7. The Labute approximate surface area is 375 Å². The van der Waals surface area contributed by atoms with Crippen LogP contribution in [-0.2, 0) is 0 Å². The molecule has 3 aliphatic rings. The maximum Gasteiger partial charge on any atom is 0.256 e. The molecule has 0 aliphatic carbocycles. The minimum Gasteiger partial charge on any atom is -0.434 e. The van der Waals surface area contributed by atoms with Crippen molar-refractivity contribution < 1.29 is 83.8 Å². The molecule has 0 amide bonds. The Bertz CT molecular complexity index is 3830. The van der Waals surface area contributed by atoms with Gasteiger partial charge >= 0.3 is 0 Å². The second kappa shape index (κ2) is 15.0. The van der Waals surface area contributed by atoms with Crippen molar-refractivity contribution in [3.05, 3.63) is 152 Å². The van der Waals surface area contributed by atoms with Crippen molar-refractivity contribution in [1.82, 2.24) is 19.9 Å². The highest BCUT2D eigenvalue weighted by molar-refractivity contribution is 6.01. The molecule has 24 heteroatoms. The van der Waals surface area contributed by atoms with Crippen LogP contribution in [0.4, 0.5) is 84.7 Å². The number of aromatic nitrogens is 4. The molecule has 70 heavy (non-hydrogen) atoms. The Morgan fingerprint density at radius 1 is 0.443 bits per heavy atom.